The Labute approximate surface area is 95.2 Å². The van der Waals surface area contributed by atoms with Gasteiger partial charge in [-0.1, -0.05) is 30.3 Å². The van der Waals surface area contributed by atoms with Gasteiger partial charge in [0.2, 0.25) is 0 Å². The first-order chi connectivity index (χ1) is 7.22. The Kier molecular flexibility index (Phi) is 5.71. The van der Waals surface area contributed by atoms with Crippen LogP contribution in [0.5, 0.6) is 0 Å². The van der Waals surface area contributed by atoms with Gasteiger partial charge in [-0.2, -0.15) is 0 Å². The number of carbonyl (C=O) groups is 1. The van der Waals surface area contributed by atoms with Crippen molar-refractivity contribution in [3.05, 3.63) is 35.9 Å². The van der Waals surface area contributed by atoms with Crippen LogP contribution in [0.25, 0.3) is 0 Å². The summed E-state index contributed by atoms with van der Waals surface area (Å²) in [5.41, 5.74) is -0.0972. The summed E-state index contributed by atoms with van der Waals surface area (Å²) in [4.78, 5) is 10.2. The van der Waals surface area contributed by atoms with Gasteiger partial charge >= 0.3 is 5.97 Å². The van der Waals surface area contributed by atoms with Gasteiger partial charge in [-0.15, -0.1) is 0 Å². The normalized spacial score (nSPS) is 12.3. The number of aliphatic hydroxyl groups is 2. The molecule has 4 nitrogen and oxygen atoms in total. The Morgan fingerprint density at radius 3 is 1.88 bits per heavy atom. The molecular formula is C12H18O4. The molecule has 1 unspecified atom stereocenters. The molecule has 0 bridgehead atoms. The van der Waals surface area contributed by atoms with Crippen molar-refractivity contribution in [2.24, 2.45) is 0 Å². The third-order valence-electron chi connectivity index (χ3n) is 1.35. The van der Waals surface area contributed by atoms with E-state index in [0.29, 0.717) is 5.56 Å². The molecule has 3 N–H and O–H groups in total. The number of carboxylic acids is 1. The van der Waals surface area contributed by atoms with Crippen molar-refractivity contribution in [3.63, 3.8) is 0 Å². The highest BCUT2D eigenvalue weighted by molar-refractivity contribution is 5.73. The summed E-state index contributed by atoms with van der Waals surface area (Å²) < 4.78 is 0. The second-order valence-electron chi connectivity index (χ2n) is 4.32. The molecule has 0 aliphatic carbocycles. The minimum atomic E-state index is -1.41. The van der Waals surface area contributed by atoms with Crippen LogP contribution in [0.4, 0.5) is 0 Å². The molecule has 0 aliphatic rings. The van der Waals surface area contributed by atoms with Crippen molar-refractivity contribution >= 4 is 5.97 Å². The van der Waals surface area contributed by atoms with Gasteiger partial charge < -0.3 is 15.3 Å². The summed E-state index contributed by atoms with van der Waals surface area (Å²) in [6.45, 7) is 5.23. The van der Waals surface area contributed by atoms with Crippen LogP contribution in [0.1, 0.15) is 32.4 Å². The predicted molar refractivity (Wildman–Crippen MR) is 61.0 cm³/mol. The molecule has 0 radical (unpaired) electrons. The molecule has 0 aromatic heterocycles. The number of rotatable bonds is 2. The summed E-state index contributed by atoms with van der Waals surface area (Å²) in [7, 11) is 0. The zero-order valence-corrected chi connectivity index (χ0v) is 9.71. The van der Waals surface area contributed by atoms with E-state index >= 15 is 0 Å². The van der Waals surface area contributed by atoms with Gasteiger partial charge in [0.25, 0.3) is 0 Å². The fourth-order valence-electron chi connectivity index (χ4n) is 0.778. The Balaban J connectivity index is 0.000000385. The summed E-state index contributed by atoms with van der Waals surface area (Å²) in [5, 5.41) is 25.9. The second kappa shape index (κ2) is 6.25. The lowest BCUT2D eigenvalue weighted by molar-refractivity contribution is -0.146. The number of benzene rings is 1. The quantitative estimate of drug-likeness (QED) is 0.715. The average Bonchev–Trinajstić information content (AvgIpc) is 2.15. The Morgan fingerprint density at radius 1 is 1.19 bits per heavy atom. The average molecular weight is 226 g/mol. The molecule has 1 rings (SSSR count). The van der Waals surface area contributed by atoms with E-state index in [9.17, 15) is 4.79 Å². The molecule has 1 aromatic carbocycles. The molecule has 90 valence electrons. The lowest BCUT2D eigenvalue weighted by Crippen LogP contribution is -2.10. The number of aliphatic carboxylic acids is 1. The lowest BCUT2D eigenvalue weighted by Gasteiger charge is -2.04. The van der Waals surface area contributed by atoms with Crippen molar-refractivity contribution in [2.45, 2.75) is 32.5 Å². The fraction of sp³-hybridized carbons (Fsp3) is 0.417. The topological polar surface area (TPSA) is 77.8 Å². The highest BCUT2D eigenvalue weighted by Gasteiger charge is 2.14. The van der Waals surface area contributed by atoms with E-state index in [1.807, 2.05) is 0 Å². The van der Waals surface area contributed by atoms with Crippen molar-refractivity contribution in [1.29, 1.82) is 0 Å². The van der Waals surface area contributed by atoms with Gasteiger partial charge in [0.15, 0.2) is 6.10 Å². The summed E-state index contributed by atoms with van der Waals surface area (Å²) in [6.07, 6.45) is -1.41. The van der Waals surface area contributed by atoms with Crippen LogP contribution in [0.3, 0.4) is 0 Å². The molecule has 0 fully saturated rings. The van der Waals surface area contributed by atoms with E-state index in [1.165, 1.54) is 0 Å². The molecule has 0 aliphatic heterocycles. The molecule has 4 heteroatoms. The number of aliphatic hydroxyl groups excluding tert-OH is 1. The van der Waals surface area contributed by atoms with Gasteiger partial charge in [0, 0.05) is 0 Å². The highest BCUT2D eigenvalue weighted by atomic mass is 16.4. The van der Waals surface area contributed by atoms with Crippen LogP contribution >= 0.6 is 0 Å². The second-order valence-corrected chi connectivity index (χ2v) is 4.32. The van der Waals surface area contributed by atoms with Crippen molar-refractivity contribution in [1.82, 2.24) is 0 Å². The van der Waals surface area contributed by atoms with Gasteiger partial charge in [-0.25, -0.2) is 4.79 Å². The molecule has 0 saturated carbocycles. The molecule has 1 aromatic rings. The largest absolute Gasteiger partial charge is 0.479 e. The highest BCUT2D eigenvalue weighted by Crippen LogP contribution is 2.10. The standard InChI is InChI=1S/C8H8O3.C4H10O/c9-7(8(10)11)6-4-2-1-3-5-6;1-4(2,3)5/h1-5,7,9H,(H,10,11);5H,1-3H3. The van der Waals surface area contributed by atoms with E-state index in [0.717, 1.165) is 0 Å². The summed E-state index contributed by atoms with van der Waals surface area (Å²) in [5.74, 6) is -1.23. The number of hydrogen-bond acceptors (Lipinski definition) is 3. The van der Waals surface area contributed by atoms with Crippen molar-refractivity contribution < 1.29 is 20.1 Å². The maximum absolute atomic E-state index is 10.2. The van der Waals surface area contributed by atoms with Gasteiger partial charge in [-0.3, -0.25) is 0 Å². The SMILES string of the molecule is CC(C)(C)O.O=C(O)C(O)c1ccccc1. The van der Waals surface area contributed by atoms with Gasteiger partial charge in [0.05, 0.1) is 5.60 Å². The summed E-state index contributed by atoms with van der Waals surface area (Å²) >= 11 is 0. The molecule has 0 saturated heterocycles. The van der Waals surface area contributed by atoms with E-state index < -0.39 is 17.7 Å². The monoisotopic (exact) mass is 226 g/mol. The predicted octanol–water partition coefficient (Wildman–Crippen LogP) is 1.58. The lowest BCUT2D eigenvalue weighted by atomic mass is 10.1. The molecular weight excluding hydrogens is 208 g/mol. The Hall–Kier alpha value is -1.39. The molecule has 16 heavy (non-hydrogen) atoms. The first kappa shape index (κ1) is 14.6. The Morgan fingerprint density at radius 2 is 1.56 bits per heavy atom. The van der Waals surface area contributed by atoms with E-state index in [1.54, 1.807) is 51.1 Å². The van der Waals surface area contributed by atoms with E-state index in [-0.39, 0.29) is 0 Å². The molecule has 0 spiro atoms. The minimum Gasteiger partial charge on any atom is -0.479 e. The molecule has 1 atom stereocenters. The van der Waals surface area contributed by atoms with E-state index in [2.05, 4.69) is 0 Å². The maximum atomic E-state index is 10.2. The first-order valence-corrected chi connectivity index (χ1v) is 4.90. The van der Waals surface area contributed by atoms with Gasteiger partial charge in [0.1, 0.15) is 0 Å². The third-order valence-corrected chi connectivity index (χ3v) is 1.35. The first-order valence-electron chi connectivity index (χ1n) is 4.90. The van der Waals surface area contributed by atoms with Crippen LogP contribution in [-0.4, -0.2) is 26.9 Å². The van der Waals surface area contributed by atoms with Crippen molar-refractivity contribution in [3.8, 4) is 0 Å². The molecule has 0 heterocycles. The summed E-state index contributed by atoms with van der Waals surface area (Å²) in [6, 6.07) is 8.26. The van der Waals surface area contributed by atoms with Gasteiger partial charge in [-0.05, 0) is 26.3 Å². The smallest absolute Gasteiger partial charge is 0.337 e. The van der Waals surface area contributed by atoms with Crippen LogP contribution < -0.4 is 0 Å². The van der Waals surface area contributed by atoms with Crippen LogP contribution in [-0.2, 0) is 4.79 Å². The van der Waals surface area contributed by atoms with E-state index in [4.69, 9.17) is 15.3 Å². The third kappa shape index (κ3) is 7.96. The Bertz CT molecular complexity index is 308. The fourth-order valence-corrected chi connectivity index (χ4v) is 0.778. The number of hydrogen-bond donors (Lipinski definition) is 3. The zero-order chi connectivity index (χ0) is 12.8. The maximum Gasteiger partial charge on any atom is 0.337 e. The van der Waals surface area contributed by atoms with Crippen molar-refractivity contribution in [2.75, 3.05) is 0 Å². The van der Waals surface area contributed by atoms with Crippen LogP contribution in [0.15, 0.2) is 30.3 Å². The minimum absolute atomic E-state index is 0.403. The molecule has 0 amide bonds. The zero-order valence-electron chi connectivity index (χ0n) is 9.71. The number of carboxylic acid groups (broad SMARTS) is 1. The van der Waals surface area contributed by atoms with Crippen LogP contribution in [0, 0.1) is 0 Å². The van der Waals surface area contributed by atoms with Crippen LogP contribution in [0.2, 0.25) is 0 Å².